The van der Waals surface area contributed by atoms with E-state index in [0.717, 1.165) is 42.6 Å². The molecule has 3 rings (SSSR count). The molecule has 0 bridgehead atoms. The zero-order valence-electron chi connectivity index (χ0n) is 13.3. The Hall–Kier alpha value is -2.01. The summed E-state index contributed by atoms with van der Waals surface area (Å²) in [6, 6.07) is 7.87. The highest BCUT2D eigenvalue weighted by Gasteiger charge is 2.21. The maximum atomic E-state index is 12.3. The number of hydrogen-bond donors (Lipinski definition) is 0. The lowest BCUT2D eigenvalue weighted by atomic mass is 10.2. The fourth-order valence-corrected chi connectivity index (χ4v) is 3.05. The number of carbonyl (C=O) groups excluding carboxylic acids is 1. The molecule has 6 heteroatoms. The van der Waals surface area contributed by atoms with E-state index < -0.39 is 0 Å². The van der Waals surface area contributed by atoms with Crippen LogP contribution < -0.4 is 4.90 Å². The monoisotopic (exact) mass is 332 g/mol. The SMILES string of the molecule is Cc1cn(CCC(=O)N2CCN(c3cccc(Cl)c3)CC2)cn1. The number of piperazine rings is 1. The first kappa shape index (κ1) is 15.9. The van der Waals surface area contributed by atoms with Crippen LogP contribution in [-0.4, -0.2) is 46.5 Å². The first-order chi connectivity index (χ1) is 11.1. The molecule has 1 aromatic heterocycles. The quantitative estimate of drug-likeness (QED) is 0.864. The average Bonchev–Trinajstić information content (AvgIpc) is 2.98. The van der Waals surface area contributed by atoms with E-state index in [4.69, 9.17) is 11.6 Å². The van der Waals surface area contributed by atoms with Crippen molar-refractivity contribution in [2.24, 2.45) is 0 Å². The van der Waals surface area contributed by atoms with Gasteiger partial charge >= 0.3 is 0 Å². The van der Waals surface area contributed by atoms with Crippen LogP contribution in [0.2, 0.25) is 5.02 Å². The summed E-state index contributed by atoms with van der Waals surface area (Å²) in [5, 5.41) is 0.747. The van der Waals surface area contributed by atoms with E-state index in [9.17, 15) is 4.79 Å². The second-order valence-corrected chi connectivity index (χ2v) is 6.29. The summed E-state index contributed by atoms with van der Waals surface area (Å²) in [5.74, 6) is 0.210. The Morgan fingerprint density at radius 1 is 1.26 bits per heavy atom. The molecule has 1 aliphatic rings. The number of aromatic nitrogens is 2. The van der Waals surface area contributed by atoms with Gasteiger partial charge in [0.25, 0.3) is 0 Å². The molecule has 1 fully saturated rings. The van der Waals surface area contributed by atoms with Crippen LogP contribution in [0.5, 0.6) is 0 Å². The molecular weight excluding hydrogens is 312 g/mol. The normalized spacial score (nSPS) is 15.0. The molecule has 1 aromatic carbocycles. The van der Waals surface area contributed by atoms with Crippen LogP contribution in [0, 0.1) is 6.92 Å². The Kier molecular flexibility index (Phi) is 4.86. The minimum Gasteiger partial charge on any atom is -0.368 e. The Morgan fingerprint density at radius 3 is 2.70 bits per heavy atom. The van der Waals surface area contributed by atoms with Gasteiger partial charge in [-0.2, -0.15) is 0 Å². The van der Waals surface area contributed by atoms with Gasteiger partial charge in [-0.3, -0.25) is 4.79 Å². The number of halogens is 1. The Morgan fingerprint density at radius 2 is 2.04 bits per heavy atom. The van der Waals surface area contributed by atoms with Crippen molar-refractivity contribution in [2.45, 2.75) is 19.9 Å². The first-order valence-corrected chi connectivity index (χ1v) is 8.26. The summed E-state index contributed by atoms with van der Waals surface area (Å²) >= 11 is 6.05. The lowest BCUT2D eigenvalue weighted by Crippen LogP contribution is -2.48. The summed E-state index contributed by atoms with van der Waals surface area (Å²) in [4.78, 5) is 20.7. The van der Waals surface area contributed by atoms with Gasteiger partial charge in [0.2, 0.25) is 5.91 Å². The number of aryl methyl sites for hydroxylation is 2. The smallest absolute Gasteiger partial charge is 0.224 e. The maximum absolute atomic E-state index is 12.3. The van der Waals surface area contributed by atoms with E-state index in [-0.39, 0.29) is 5.91 Å². The lowest BCUT2D eigenvalue weighted by Gasteiger charge is -2.36. The number of carbonyl (C=O) groups is 1. The fourth-order valence-electron chi connectivity index (χ4n) is 2.86. The molecule has 1 aliphatic heterocycles. The van der Waals surface area contributed by atoms with Crippen molar-refractivity contribution in [3.63, 3.8) is 0 Å². The highest BCUT2D eigenvalue weighted by molar-refractivity contribution is 6.30. The van der Waals surface area contributed by atoms with Crippen LogP contribution in [0.3, 0.4) is 0 Å². The molecule has 2 heterocycles. The van der Waals surface area contributed by atoms with Gasteiger partial charge < -0.3 is 14.4 Å². The second kappa shape index (κ2) is 7.04. The largest absolute Gasteiger partial charge is 0.368 e. The Balaban J connectivity index is 1.49. The van der Waals surface area contributed by atoms with E-state index in [1.165, 1.54) is 0 Å². The summed E-state index contributed by atoms with van der Waals surface area (Å²) in [5.41, 5.74) is 2.10. The van der Waals surface area contributed by atoms with Gasteiger partial charge in [-0.15, -0.1) is 0 Å². The molecule has 0 atom stereocenters. The molecule has 0 spiro atoms. The first-order valence-electron chi connectivity index (χ1n) is 7.88. The van der Waals surface area contributed by atoms with E-state index in [1.807, 2.05) is 40.8 Å². The van der Waals surface area contributed by atoms with Gasteiger partial charge in [-0.1, -0.05) is 17.7 Å². The number of hydrogen-bond acceptors (Lipinski definition) is 3. The van der Waals surface area contributed by atoms with Crippen molar-refractivity contribution in [1.82, 2.24) is 14.5 Å². The molecular formula is C17H21ClN4O. The van der Waals surface area contributed by atoms with Crippen molar-refractivity contribution in [1.29, 1.82) is 0 Å². The topological polar surface area (TPSA) is 41.4 Å². The fraction of sp³-hybridized carbons (Fsp3) is 0.412. The summed E-state index contributed by atoms with van der Waals surface area (Å²) in [6.07, 6.45) is 4.26. The number of amides is 1. The molecule has 0 N–H and O–H groups in total. The Bertz CT molecular complexity index is 677. The van der Waals surface area contributed by atoms with Gasteiger partial charge in [-0.05, 0) is 25.1 Å². The van der Waals surface area contributed by atoms with Crippen LogP contribution in [0.4, 0.5) is 5.69 Å². The van der Waals surface area contributed by atoms with Gasteiger partial charge in [-0.25, -0.2) is 4.98 Å². The molecule has 2 aromatic rings. The van der Waals surface area contributed by atoms with Gasteiger partial charge in [0.1, 0.15) is 0 Å². The van der Waals surface area contributed by atoms with Crippen molar-refractivity contribution in [2.75, 3.05) is 31.1 Å². The van der Waals surface area contributed by atoms with Crippen molar-refractivity contribution in [3.05, 3.63) is 47.5 Å². The van der Waals surface area contributed by atoms with Gasteiger partial charge in [0.05, 0.1) is 12.0 Å². The molecule has 5 nitrogen and oxygen atoms in total. The molecule has 23 heavy (non-hydrogen) atoms. The summed E-state index contributed by atoms with van der Waals surface area (Å²) in [6.45, 7) is 5.84. The van der Waals surface area contributed by atoms with Crippen LogP contribution in [0.25, 0.3) is 0 Å². The van der Waals surface area contributed by atoms with Crippen LogP contribution in [0.15, 0.2) is 36.8 Å². The third-order valence-electron chi connectivity index (χ3n) is 4.15. The average molecular weight is 333 g/mol. The Labute approximate surface area is 141 Å². The summed E-state index contributed by atoms with van der Waals surface area (Å²) in [7, 11) is 0. The number of imidazole rings is 1. The van der Waals surface area contributed by atoms with Crippen LogP contribution >= 0.6 is 11.6 Å². The van der Waals surface area contributed by atoms with Crippen molar-refractivity contribution < 1.29 is 4.79 Å². The highest BCUT2D eigenvalue weighted by atomic mass is 35.5. The third kappa shape index (κ3) is 4.05. The number of benzene rings is 1. The van der Waals surface area contributed by atoms with E-state index in [0.29, 0.717) is 13.0 Å². The lowest BCUT2D eigenvalue weighted by molar-refractivity contribution is -0.131. The zero-order chi connectivity index (χ0) is 16.2. The standard InChI is InChI=1S/C17H21ClN4O/c1-14-12-20(13-19-14)6-5-17(23)22-9-7-21(8-10-22)16-4-2-3-15(18)11-16/h2-4,11-13H,5-10H2,1H3. The highest BCUT2D eigenvalue weighted by Crippen LogP contribution is 2.20. The molecule has 1 saturated heterocycles. The van der Waals surface area contributed by atoms with E-state index >= 15 is 0 Å². The van der Waals surface area contributed by atoms with Crippen molar-refractivity contribution >= 4 is 23.2 Å². The second-order valence-electron chi connectivity index (χ2n) is 5.85. The van der Waals surface area contributed by atoms with Crippen LogP contribution in [-0.2, 0) is 11.3 Å². The number of nitrogens with zero attached hydrogens (tertiary/aromatic N) is 4. The van der Waals surface area contributed by atoms with Crippen LogP contribution in [0.1, 0.15) is 12.1 Å². The van der Waals surface area contributed by atoms with Crippen molar-refractivity contribution in [3.8, 4) is 0 Å². The summed E-state index contributed by atoms with van der Waals surface area (Å²) < 4.78 is 1.97. The molecule has 0 saturated carbocycles. The molecule has 122 valence electrons. The molecule has 0 radical (unpaired) electrons. The minimum atomic E-state index is 0.210. The number of rotatable bonds is 4. The number of anilines is 1. The minimum absolute atomic E-state index is 0.210. The molecule has 1 amide bonds. The third-order valence-corrected chi connectivity index (χ3v) is 4.39. The predicted octanol–water partition coefficient (Wildman–Crippen LogP) is 2.58. The van der Waals surface area contributed by atoms with Gasteiger partial charge in [0.15, 0.2) is 0 Å². The molecule has 0 aliphatic carbocycles. The maximum Gasteiger partial charge on any atom is 0.224 e. The zero-order valence-corrected chi connectivity index (χ0v) is 14.0. The predicted molar refractivity (Wildman–Crippen MR) is 91.8 cm³/mol. The molecule has 0 unspecified atom stereocenters. The van der Waals surface area contributed by atoms with Gasteiger partial charge in [0, 0.05) is 56.1 Å². The van der Waals surface area contributed by atoms with E-state index in [2.05, 4.69) is 16.0 Å². The van der Waals surface area contributed by atoms with E-state index in [1.54, 1.807) is 6.33 Å².